The summed E-state index contributed by atoms with van der Waals surface area (Å²) in [5.41, 5.74) is 8.29. The summed E-state index contributed by atoms with van der Waals surface area (Å²) in [6.45, 7) is 1.53. The maximum Gasteiger partial charge on any atom is 0.335 e. The smallest absolute Gasteiger partial charge is 0.335 e. The van der Waals surface area contributed by atoms with Crippen LogP contribution in [0.5, 0.6) is 0 Å². The van der Waals surface area contributed by atoms with Gasteiger partial charge in [-0.1, -0.05) is 24.3 Å². The van der Waals surface area contributed by atoms with Crippen molar-refractivity contribution in [2.24, 2.45) is 5.92 Å². The van der Waals surface area contributed by atoms with Gasteiger partial charge in [-0.05, 0) is 42.3 Å². The molecule has 1 fully saturated rings. The Morgan fingerprint density at radius 2 is 1.96 bits per heavy atom. The normalized spacial score (nSPS) is 17.1. The van der Waals surface area contributed by atoms with Crippen LogP contribution in [-0.4, -0.2) is 29.9 Å². The number of nitrogen functional groups attached to an aromatic ring is 1. The minimum Gasteiger partial charge on any atom is -0.478 e. The van der Waals surface area contributed by atoms with Gasteiger partial charge in [0.25, 0.3) is 0 Å². The van der Waals surface area contributed by atoms with Crippen LogP contribution in [-0.2, 0) is 0 Å². The average molecular weight is 310 g/mol. The number of anilines is 1. The van der Waals surface area contributed by atoms with Crippen molar-refractivity contribution >= 4 is 17.4 Å². The maximum atomic E-state index is 12.8. The molecule has 1 heterocycles. The van der Waals surface area contributed by atoms with Gasteiger partial charge in [0.2, 0.25) is 0 Å². The molecule has 0 aliphatic carbocycles. The van der Waals surface area contributed by atoms with Crippen molar-refractivity contribution in [1.82, 2.24) is 5.32 Å². The van der Waals surface area contributed by atoms with Crippen LogP contribution in [0.1, 0.15) is 27.1 Å². The third-order valence-electron chi connectivity index (χ3n) is 4.14. The highest BCUT2D eigenvalue weighted by Gasteiger charge is 2.25. The van der Waals surface area contributed by atoms with Crippen molar-refractivity contribution in [3.63, 3.8) is 0 Å². The van der Waals surface area contributed by atoms with E-state index in [1.165, 1.54) is 6.07 Å². The van der Waals surface area contributed by atoms with E-state index in [9.17, 15) is 14.7 Å². The molecule has 0 amide bonds. The summed E-state index contributed by atoms with van der Waals surface area (Å²) in [5.74, 6) is -0.983. The Balaban J connectivity index is 2.07. The van der Waals surface area contributed by atoms with Crippen molar-refractivity contribution in [2.45, 2.75) is 6.42 Å². The Labute approximate surface area is 134 Å². The van der Waals surface area contributed by atoms with Crippen LogP contribution >= 0.6 is 0 Å². The van der Waals surface area contributed by atoms with Gasteiger partial charge in [0.1, 0.15) is 0 Å². The van der Waals surface area contributed by atoms with Gasteiger partial charge in [-0.3, -0.25) is 4.79 Å². The monoisotopic (exact) mass is 310 g/mol. The Morgan fingerprint density at radius 1 is 1.17 bits per heavy atom. The minimum absolute atomic E-state index is 0.0313. The largest absolute Gasteiger partial charge is 0.478 e. The van der Waals surface area contributed by atoms with Gasteiger partial charge in [-0.15, -0.1) is 0 Å². The number of rotatable bonds is 4. The number of ketones is 1. The second-order valence-corrected chi connectivity index (χ2v) is 5.75. The van der Waals surface area contributed by atoms with E-state index < -0.39 is 5.97 Å². The Kier molecular flexibility index (Phi) is 4.12. The van der Waals surface area contributed by atoms with E-state index in [0.29, 0.717) is 23.4 Å². The highest BCUT2D eigenvalue weighted by Crippen LogP contribution is 2.29. The number of carboxylic acid groups (broad SMARTS) is 1. The molecule has 118 valence electrons. The standard InChI is InChI=1S/C18H18N2O3/c19-14-8-12(7-13(9-14)18(22)23)15-3-1-2-4-16(15)17(21)11-5-6-20-10-11/h1-4,7-9,11,20H,5-6,10,19H2,(H,22,23). The lowest BCUT2D eigenvalue weighted by Crippen LogP contribution is -2.18. The molecule has 0 radical (unpaired) electrons. The SMILES string of the molecule is Nc1cc(C(=O)O)cc(-c2ccccc2C(=O)C2CCNC2)c1. The van der Waals surface area contributed by atoms with E-state index in [4.69, 9.17) is 5.73 Å². The third-order valence-corrected chi connectivity index (χ3v) is 4.14. The van der Waals surface area contributed by atoms with E-state index in [1.54, 1.807) is 18.2 Å². The number of aromatic carboxylic acids is 1. The molecule has 1 saturated heterocycles. The molecule has 1 atom stereocenters. The maximum absolute atomic E-state index is 12.8. The van der Waals surface area contributed by atoms with E-state index in [1.807, 2.05) is 18.2 Å². The summed E-state index contributed by atoms with van der Waals surface area (Å²) in [4.78, 5) is 24.0. The van der Waals surface area contributed by atoms with Crippen LogP contribution in [0.4, 0.5) is 5.69 Å². The number of carboxylic acids is 1. The molecule has 0 spiro atoms. The fraction of sp³-hybridized carbons (Fsp3) is 0.222. The van der Waals surface area contributed by atoms with Gasteiger partial charge < -0.3 is 16.2 Å². The molecular weight excluding hydrogens is 292 g/mol. The molecule has 0 saturated carbocycles. The third kappa shape index (κ3) is 3.10. The van der Waals surface area contributed by atoms with Gasteiger partial charge in [0, 0.05) is 23.7 Å². The van der Waals surface area contributed by atoms with Crippen molar-refractivity contribution < 1.29 is 14.7 Å². The molecule has 4 N–H and O–H groups in total. The van der Waals surface area contributed by atoms with Gasteiger partial charge in [0.05, 0.1) is 5.56 Å². The lowest BCUT2D eigenvalue weighted by molar-refractivity contribution is 0.0696. The Hall–Kier alpha value is -2.66. The quantitative estimate of drug-likeness (QED) is 0.596. The summed E-state index contributed by atoms with van der Waals surface area (Å²) in [6.07, 6.45) is 0.824. The van der Waals surface area contributed by atoms with Gasteiger partial charge >= 0.3 is 5.97 Å². The highest BCUT2D eigenvalue weighted by atomic mass is 16.4. The average Bonchev–Trinajstić information content (AvgIpc) is 3.08. The molecular formula is C18H18N2O3. The first kappa shape index (κ1) is 15.2. The predicted molar refractivity (Wildman–Crippen MR) is 88.6 cm³/mol. The molecule has 1 aliphatic heterocycles. The van der Waals surface area contributed by atoms with Crippen molar-refractivity contribution in [3.05, 3.63) is 53.6 Å². The van der Waals surface area contributed by atoms with Crippen LogP contribution in [0, 0.1) is 5.92 Å². The van der Waals surface area contributed by atoms with E-state index >= 15 is 0 Å². The number of nitrogens with two attached hydrogens (primary N) is 1. The number of carbonyl (C=O) groups is 2. The number of benzene rings is 2. The zero-order valence-electron chi connectivity index (χ0n) is 12.6. The van der Waals surface area contributed by atoms with Crippen molar-refractivity contribution in [3.8, 4) is 11.1 Å². The van der Waals surface area contributed by atoms with Gasteiger partial charge in [-0.25, -0.2) is 4.79 Å². The van der Waals surface area contributed by atoms with E-state index in [-0.39, 0.29) is 17.3 Å². The number of Topliss-reactive ketones (excluding diaryl/α,β-unsaturated/α-hetero) is 1. The molecule has 5 nitrogen and oxygen atoms in total. The molecule has 2 aromatic carbocycles. The van der Waals surface area contributed by atoms with Crippen LogP contribution in [0.25, 0.3) is 11.1 Å². The highest BCUT2D eigenvalue weighted by molar-refractivity contribution is 6.04. The van der Waals surface area contributed by atoms with Crippen LogP contribution in [0.2, 0.25) is 0 Å². The molecule has 23 heavy (non-hydrogen) atoms. The number of carbonyl (C=O) groups excluding carboxylic acids is 1. The van der Waals surface area contributed by atoms with Crippen molar-refractivity contribution in [1.29, 1.82) is 0 Å². The second kappa shape index (κ2) is 6.22. The fourth-order valence-electron chi connectivity index (χ4n) is 2.98. The molecule has 5 heteroatoms. The minimum atomic E-state index is -1.04. The van der Waals surface area contributed by atoms with Crippen LogP contribution in [0.3, 0.4) is 0 Å². The Bertz CT molecular complexity index is 765. The molecule has 3 rings (SSSR count). The van der Waals surface area contributed by atoms with Crippen LogP contribution < -0.4 is 11.1 Å². The molecule has 0 bridgehead atoms. The fourth-order valence-corrected chi connectivity index (χ4v) is 2.98. The van der Waals surface area contributed by atoms with Crippen molar-refractivity contribution in [2.75, 3.05) is 18.8 Å². The molecule has 2 aromatic rings. The van der Waals surface area contributed by atoms with E-state index in [0.717, 1.165) is 18.5 Å². The number of hydrogen-bond donors (Lipinski definition) is 3. The van der Waals surface area contributed by atoms with Gasteiger partial charge in [0.15, 0.2) is 5.78 Å². The summed E-state index contributed by atoms with van der Waals surface area (Å²) in [7, 11) is 0. The first-order chi connectivity index (χ1) is 11.1. The topological polar surface area (TPSA) is 92.4 Å². The Morgan fingerprint density at radius 3 is 2.65 bits per heavy atom. The summed E-state index contributed by atoms with van der Waals surface area (Å²) in [5, 5.41) is 12.4. The molecule has 1 aliphatic rings. The zero-order chi connectivity index (χ0) is 16.4. The number of nitrogens with one attached hydrogen (secondary N) is 1. The summed E-state index contributed by atoms with van der Waals surface area (Å²) < 4.78 is 0. The summed E-state index contributed by atoms with van der Waals surface area (Å²) in [6, 6.07) is 11.9. The van der Waals surface area contributed by atoms with Crippen LogP contribution in [0.15, 0.2) is 42.5 Å². The lowest BCUT2D eigenvalue weighted by atomic mass is 9.90. The zero-order valence-corrected chi connectivity index (χ0v) is 12.6. The molecule has 0 aromatic heterocycles. The predicted octanol–water partition coefficient (Wildman–Crippen LogP) is 2.43. The first-order valence-corrected chi connectivity index (χ1v) is 7.54. The van der Waals surface area contributed by atoms with E-state index in [2.05, 4.69) is 5.32 Å². The number of hydrogen-bond acceptors (Lipinski definition) is 4. The first-order valence-electron chi connectivity index (χ1n) is 7.54. The second-order valence-electron chi connectivity index (χ2n) is 5.75. The lowest BCUT2D eigenvalue weighted by Gasteiger charge is -2.13. The summed E-state index contributed by atoms with van der Waals surface area (Å²) >= 11 is 0. The molecule has 1 unspecified atom stereocenters. The van der Waals surface area contributed by atoms with Gasteiger partial charge in [-0.2, -0.15) is 0 Å².